The van der Waals surface area contributed by atoms with Crippen LogP contribution in [0.3, 0.4) is 0 Å². The van der Waals surface area contributed by atoms with Gasteiger partial charge in [0.25, 0.3) is 0 Å². The van der Waals surface area contributed by atoms with Crippen molar-refractivity contribution in [3.63, 3.8) is 0 Å². The van der Waals surface area contributed by atoms with Gasteiger partial charge in [0, 0.05) is 0 Å². The Morgan fingerprint density at radius 3 is 1.80 bits per heavy atom. The Balaban J connectivity index is 2.22. The molecule has 108 valence electrons. The number of allylic oxidation sites excluding steroid dienone is 1. The summed E-state index contributed by atoms with van der Waals surface area (Å²) in [6, 6.07) is 8.26. The lowest BCUT2D eigenvalue weighted by atomic mass is 10.3. The van der Waals surface area contributed by atoms with Gasteiger partial charge in [-0.2, -0.15) is 26.3 Å². The maximum atomic E-state index is 12.4. The normalized spacial score (nSPS) is 15.9. The molecule has 1 aliphatic heterocycles. The molecule has 0 saturated carbocycles. The van der Waals surface area contributed by atoms with Crippen molar-refractivity contribution in [1.82, 2.24) is 0 Å². The van der Waals surface area contributed by atoms with Crippen LogP contribution in [0, 0.1) is 0 Å². The third-order valence-electron chi connectivity index (χ3n) is 2.11. The van der Waals surface area contributed by atoms with Crippen LogP contribution in [0.5, 0.6) is 0 Å². The number of aliphatic imine (C=N–C) groups is 1. The van der Waals surface area contributed by atoms with Crippen LogP contribution in [-0.4, -0.2) is 16.7 Å². The number of benzene rings is 1. The van der Waals surface area contributed by atoms with E-state index in [4.69, 9.17) is 0 Å². The van der Waals surface area contributed by atoms with Crippen LogP contribution >= 0.6 is 23.5 Å². The quantitative estimate of drug-likeness (QED) is 0.632. The molecule has 0 aromatic heterocycles. The van der Waals surface area contributed by atoms with E-state index >= 15 is 0 Å². The highest BCUT2D eigenvalue weighted by atomic mass is 32.3. The molecule has 1 fully saturated rings. The minimum absolute atomic E-state index is 0.150. The predicted octanol–water partition coefficient (Wildman–Crippen LogP) is 5.49. The molecule has 0 radical (unpaired) electrons. The largest absolute Gasteiger partial charge is 0.422 e. The van der Waals surface area contributed by atoms with Crippen LogP contribution < -0.4 is 0 Å². The number of halogens is 6. The third-order valence-corrected chi connectivity index (χ3v) is 4.42. The number of hydrogen-bond donors (Lipinski definition) is 0. The van der Waals surface area contributed by atoms with Crippen molar-refractivity contribution in [2.24, 2.45) is 4.99 Å². The van der Waals surface area contributed by atoms with Gasteiger partial charge in [0.2, 0.25) is 0 Å². The van der Waals surface area contributed by atoms with E-state index in [-0.39, 0.29) is 4.38 Å². The maximum absolute atomic E-state index is 12.4. The summed E-state index contributed by atoms with van der Waals surface area (Å²) in [5, 5.41) is 0. The molecule has 0 amide bonds. The van der Waals surface area contributed by atoms with Gasteiger partial charge >= 0.3 is 12.4 Å². The second-order valence-electron chi connectivity index (χ2n) is 3.58. The summed E-state index contributed by atoms with van der Waals surface area (Å²) in [7, 11) is 0. The second-order valence-corrected chi connectivity index (χ2v) is 6.09. The number of para-hydroxylation sites is 1. The summed E-state index contributed by atoms with van der Waals surface area (Å²) in [5.74, 6) is 0. The molecule has 2 rings (SSSR count). The second kappa shape index (κ2) is 5.36. The molecule has 1 saturated heterocycles. The van der Waals surface area contributed by atoms with E-state index < -0.39 is 22.2 Å². The van der Waals surface area contributed by atoms with Gasteiger partial charge in [-0.3, -0.25) is 0 Å². The lowest BCUT2D eigenvalue weighted by Crippen LogP contribution is -2.28. The van der Waals surface area contributed by atoms with Crippen LogP contribution in [0.25, 0.3) is 0 Å². The molecule has 9 heteroatoms. The Labute approximate surface area is 118 Å². The average molecular weight is 329 g/mol. The first kappa shape index (κ1) is 15.3. The van der Waals surface area contributed by atoms with Gasteiger partial charge in [-0.1, -0.05) is 41.7 Å². The fraction of sp³-hybridized carbons (Fsp3) is 0.182. The van der Waals surface area contributed by atoms with Crippen LogP contribution in [0.1, 0.15) is 0 Å². The summed E-state index contributed by atoms with van der Waals surface area (Å²) >= 11 is 0.766. The van der Waals surface area contributed by atoms with Crippen molar-refractivity contribution >= 4 is 33.6 Å². The van der Waals surface area contributed by atoms with Crippen molar-refractivity contribution in [2.45, 2.75) is 12.4 Å². The standard InChI is InChI=1S/C11H5F6NS2/c12-10(13,14)7(11(15,16)17)8-19-9(20-8)18-6-4-2-1-3-5-6/h1-5H. The summed E-state index contributed by atoms with van der Waals surface area (Å²) in [4.78, 5) is 3.93. The third kappa shape index (κ3) is 3.51. The summed E-state index contributed by atoms with van der Waals surface area (Å²) in [5.41, 5.74) is -1.99. The monoisotopic (exact) mass is 329 g/mol. The van der Waals surface area contributed by atoms with Crippen molar-refractivity contribution in [3.8, 4) is 0 Å². The highest BCUT2D eigenvalue weighted by molar-refractivity contribution is 8.57. The molecular weight excluding hydrogens is 324 g/mol. The van der Waals surface area contributed by atoms with E-state index in [9.17, 15) is 26.3 Å². The Morgan fingerprint density at radius 2 is 1.35 bits per heavy atom. The summed E-state index contributed by atoms with van der Waals surface area (Å²) in [6.45, 7) is 0. The highest BCUT2D eigenvalue weighted by Crippen LogP contribution is 2.55. The van der Waals surface area contributed by atoms with E-state index in [0.29, 0.717) is 29.2 Å². The van der Waals surface area contributed by atoms with Gasteiger partial charge in [0.1, 0.15) is 4.38 Å². The number of alkyl halides is 6. The minimum Gasteiger partial charge on any atom is -0.234 e. The van der Waals surface area contributed by atoms with E-state index in [1.165, 1.54) is 0 Å². The average Bonchev–Trinajstić information content (AvgIpc) is 2.23. The topological polar surface area (TPSA) is 12.4 Å². The zero-order chi connectivity index (χ0) is 15.0. The first-order valence-electron chi connectivity index (χ1n) is 5.06. The minimum atomic E-state index is -5.42. The van der Waals surface area contributed by atoms with Gasteiger partial charge in [-0.15, -0.1) is 0 Å². The molecule has 0 N–H and O–H groups in total. The van der Waals surface area contributed by atoms with E-state index in [0.717, 1.165) is 0 Å². The van der Waals surface area contributed by atoms with Crippen molar-refractivity contribution in [3.05, 3.63) is 40.1 Å². The van der Waals surface area contributed by atoms with Crippen molar-refractivity contribution < 1.29 is 26.3 Å². The predicted molar refractivity (Wildman–Crippen MR) is 67.9 cm³/mol. The molecule has 0 spiro atoms. The molecule has 1 aromatic carbocycles. The maximum Gasteiger partial charge on any atom is 0.422 e. The Morgan fingerprint density at radius 1 is 0.850 bits per heavy atom. The smallest absolute Gasteiger partial charge is 0.234 e. The Bertz CT molecular complexity index is 533. The fourth-order valence-electron chi connectivity index (χ4n) is 1.31. The van der Waals surface area contributed by atoms with Crippen LogP contribution in [0.2, 0.25) is 0 Å². The van der Waals surface area contributed by atoms with Gasteiger partial charge < -0.3 is 0 Å². The molecule has 1 nitrogen and oxygen atoms in total. The zero-order valence-electron chi connectivity index (χ0n) is 9.42. The molecule has 1 aromatic rings. The molecular formula is C11H5F6NS2. The van der Waals surface area contributed by atoms with Gasteiger partial charge in [0.15, 0.2) is 5.57 Å². The molecule has 1 heterocycles. The lowest BCUT2D eigenvalue weighted by molar-refractivity contribution is -0.171. The number of hydrogen-bond acceptors (Lipinski definition) is 3. The van der Waals surface area contributed by atoms with E-state index in [1.54, 1.807) is 30.3 Å². The highest BCUT2D eigenvalue weighted by Gasteiger charge is 2.55. The Hall–Kier alpha value is -1.09. The fourth-order valence-corrected chi connectivity index (χ4v) is 3.34. The molecule has 0 unspecified atom stereocenters. The van der Waals surface area contributed by atoms with Gasteiger partial charge in [-0.05, 0) is 12.1 Å². The molecule has 0 bridgehead atoms. The summed E-state index contributed by atoms with van der Waals surface area (Å²) in [6.07, 6.45) is -10.8. The van der Waals surface area contributed by atoms with E-state index in [2.05, 4.69) is 4.99 Å². The van der Waals surface area contributed by atoms with Gasteiger partial charge in [0.05, 0.1) is 9.92 Å². The van der Waals surface area contributed by atoms with Crippen molar-refractivity contribution in [1.29, 1.82) is 0 Å². The van der Waals surface area contributed by atoms with Crippen LogP contribution in [-0.2, 0) is 0 Å². The SMILES string of the molecule is FC(F)(F)C(=C1SC(=Nc2ccccc2)S1)C(F)(F)F. The number of thioether (sulfide) groups is 2. The number of rotatable bonds is 1. The zero-order valence-corrected chi connectivity index (χ0v) is 11.1. The summed E-state index contributed by atoms with van der Waals surface area (Å²) < 4.78 is 73.7. The van der Waals surface area contributed by atoms with Crippen molar-refractivity contribution in [2.75, 3.05) is 0 Å². The molecule has 0 aliphatic carbocycles. The van der Waals surface area contributed by atoms with Gasteiger partial charge in [-0.25, -0.2) is 4.99 Å². The van der Waals surface area contributed by atoms with Crippen LogP contribution in [0.4, 0.5) is 32.0 Å². The van der Waals surface area contributed by atoms with E-state index in [1.807, 2.05) is 0 Å². The first-order chi connectivity index (χ1) is 9.18. The number of nitrogens with zero attached hydrogens (tertiary/aromatic N) is 1. The lowest BCUT2D eigenvalue weighted by Gasteiger charge is -2.24. The Kier molecular flexibility index (Phi) is 4.10. The molecule has 1 aliphatic rings. The van der Waals surface area contributed by atoms with Crippen LogP contribution in [0.15, 0.2) is 45.1 Å². The molecule has 20 heavy (non-hydrogen) atoms. The first-order valence-corrected chi connectivity index (χ1v) is 6.69. The molecule has 0 atom stereocenters.